The predicted octanol–water partition coefficient (Wildman–Crippen LogP) is 9.23. The molecule has 2 aliphatic carbocycles. The quantitative estimate of drug-likeness (QED) is 0.202. The van der Waals surface area contributed by atoms with Crippen LogP contribution in [-0.4, -0.2) is 5.92 Å². The molecule has 0 bridgehead atoms. The van der Waals surface area contributed by atoms with Crippen molar-refractivity contribution in [1.82, 2.24) is 0 Å². The van der Waals surface area contributed by atoms with Crippen LogP contribution in [0.1, 0.15) is 78.5 Å². The van der Waals surface area contributed by atoms with E-state index in [1.54, 1.807) is 0 Å². The van der Waals surface area contributed by atoms with Crippen LogP contribution < -0.4 is 3.27 Å². The molecular formula is C32H39Cl2SiZr. The summed E-state index contributed by atoms with van der Waals surface area (Å²) < 4.78 is 1.47. The van der Waals surface area contributed by atoms with Crippen LogP contribution in [0.2, 0.25) is 13.1 Å². The van der Waals surface area contributed by atoms with E-state index in [0.29, 0.717) is 0 Å². The summed E-state index contributed by atoms with van der Waals surface area (Å²) in [7, 11) is 16.5. The first-order valence-electron chi connectivity index (χ1n) is 13.3. The van der Waals surface area contributed by atoms with Gasteiger partial charge in [0.25, 0.3) is 0 Å². The van der Waals surface area contributed by atoms with Crippen LogP contribution in [0.3, 0.4) is 0 Å². The summed E-state index contributed by atoms with van der Waals surface area (Å²) in [4.78, 5) is 0. The van der Waals surface area contributed by atoms with Crippen molar-refractivity contribution in [2.45, 2.75) is 75.5 Å². The minimum absolute atomic E-state index is 0.00694. The van der Waals surface area contributed by atoms with E-state index < -0.39 is 21.5 Å². The molecule has 0 saturated heterocycles. The first-order valence-corrected chi connectivity index (χ1v) is 29.4. The minimum atomic E-state index is -4.60. The zero-order chi connectivity index (χ0) is 26.3. The number of hydrogen-bond acceptors (Lipinski definition) is 0. The second kappa shape index (κ2) is 8.54. The molecule has 3 aromatic carbocycles. The summed E-state index contributed by atoms with van der Waals surface area (Å²) >= 11 is -4.60. The Balaban J connectivity index is 1.83. The number of fused-ring (bicyclic) bond motifs is 4. The molecule has 0 N–H and O–H groups in total. The average molecular weight is 614 g/mol. The molecule has 0 aromatic heterocycles. The number of benzene rings is 3. The Morgan fingerprint density at radius 3 is 2.08 bits per heavy atom. The Labute approximate surface area is 226 Å². The molecule has 1 unspecified atom stereocenters. The SMILES string of the molecule is C[SiH](C)[Zr]([Cl])([Cl])([c]1cc(C(C)(C)C)cc2c1Cc1ccc(C(C)(C)C)cc1-2)[CH]1C=Cc2ccccc21. The Morgan fingerprint density at radius 2 is 1.44 bits per heavy atom. The molecule has 189 valence electrons. The van der Waals surface area contributed by atoms with Gasteiger partial charge in [-0.1, -0.05) is 0 Å². The summed E-state index contributed by atoms with van der Waals surface area (Å²) in [6.45, 7) is 18.6. The van der Waals surface area contributed by atoms with Crippen LogP contribution in [0.5, 0.6) is 0 Å². The summed E-state index contributed by atoms with van der Waals surface area (Å²) in [5.74, 6) is -1.51. The van der Waals surface area contributed by atoms with E-state index in [0.717, 1.165) is 6.42 Å². The third-order valence-electron chi connectivity index (χ3n) is 8.69. The van der Waals surface area contributed by atoms with Gasteiger partial charge < -0.3 is 0 Å². The fourth-order valence-electron chi connectivity index (χ4n) is 6.15. The third-order valence-corrected chi connectivity index (χ3v) is 58.7. The monoisotopic (exact) mass is 611 g/mol. The predicted molar refractivity (Wildman–Crippen MR) is 161 cm³/mol. The third kappa shape index (κ3) is 4.02. The van der Waals surface area contributed by atoms with E-state index in [4.69, 9.17) is 17.0 Å². The Morgan fingerprint density at radius 1 is 0.806 bits per heavy atom. The van der Waals surface area contributed by atoms with E-state index in [2.05, 4.69) is 121 Å². The van der Waals surface area contributed by atoms with Crippen molar-refractivity contribution in [2.75, 3.05) is 0 Å². The molecule has 0 nitrogen and oxygen atoms in total. The van der Waals surface area contributed by atoms with Crippen LogP contribution in [0, 0.1) is 0 Å². The van der Waals surface area contributed by atoms with Crippen LogP contribution in [0.4, 0.5) is 0 Å². The standard InChI is InChI=1S/C21H25.C9H7.C2H7Si.2ClH.Zr/c1-20(2,3)16-9-7-14-11-15-8-10-17(21(4,5)6)13-19(15)18(14)12-16;1-2-5-9-7-3-6-8(9)4-1;1-3-2;;;/h7,9-10,12-13H,11H2,1-6H3;1-7H;3H,1-2H3;2*1H;/q;;;;;+2/p-2. The molecule has 1 atom stereocenters. The summed E-state index contributed by atoms with van der Waals surface area (Å²) in [5.41, 5.74) is 11.0. The average Bonchev–Trinajstić information content (AvgIpc) is 3.39. The van der Waals surface area contributed by atoms with Crippen molar-refractivity contribution in [3.8, 4) is 11.1 Å². The fourth-order valence-corrected chi connectivity index (χ4v) is 31.9. The second-order valence-corrected chi connectivity index (χ2v) is 54.9. The van der Waals surface area contributed by atoms with E-state index in [9.17, 15) is 0 Å². The molecule has 0 amide bonds. The topological polar surface area (TPSA) is 0 Å². The van der Waals surface area contributed by atoms with Gasteiger partial charge in [0, 0.05) is 0 Å². The molecule has 0 spiro atoms. The van der Waals surface area contributed by atoms with Gasteiger partial charge in [-0.05, 0) is 0 Å². The van der Waals surface area contributed by atoms with Crippen molar-refractivity contribution < 1.29 is 15.6 Å². The van der Waals surface area contributed by atoms with Crippen LogP contribution in [-0.2, 0) is 32.8 Å². The first kappa shape index (κ1) is 26.7. The fraction of sp³-hybridized carbons (Fsp3) is 0.375. The maximum atomic E-state index is 8.23. The van der Waals surface area contributed by atoms with Crippen molar-refractivity contribution in [3.05, 3.63) is 94.1 Å². The zero-order valence-electron chi connectivity index (χ0n) is 23.0. The van der Waals surface area contributed by atoms with Crippen LogP contribution in [0.15, 0.2) is 60.7 Å². The van der Waals surface area contributed by atoms with Gasteiger partial charge in [0.05, 0.1) is 0 Å². The van der Waals surface area contributed by atoms with Gasteiger partial charge in [-0.2, -0.15) is 0 Å². The summed E-state index contributed by atoms with van der Waals surface area (Å²) in [6.07, 6.45) is 5.53. The molecule has 0 fully saturated rings. The molecule has 2 aliphatic rings. The van der Waals surface area contributed by atoms with Crippen LogP contribution in [0.25, 0.3) is 17.2 Å². The summed E-state index contributed by atoms with van der Waals surface area (Å²) in [6, 6.07) is 20.7. The van der Waals surface area contributed by atoms with Gasteiger partial charge in [0.15, 0.2) is 0 Å². The van der Waals surface area contributed by atoms with E-state index in [1.165, 1.54) is 47.8 Å². The molecular weight excluding hydrogens is 575 g/mol. The van der Waals surface area contributed by atoms with Crippen molar-refractivity contribution in [1.29, 1.82) is 0 Å². The van der Waals surface area contributed by atoms with Crippen molar-refractivity contribution in [2.24, 2.45) is 0 Å². The Hall–Kier alpha value is -0.920. The van der Waals surface area contributed by atoms with Crippen molar-refractivity contribution in [3.63, 3.8) is 0 Å². The number of rotatable bonds is 3. The maximum absolute atomic E-state index is 8.23. The zero-order valence-corrected chi connectivity index (χ0v) is 28.1. The Kier molecular flexibility index (Phi) is 6.33. The van der Waals surface area contributed by atoms with Gasteiger partial charge in [0.1, 0.15) is 0 Å². The first-order chi connectivity index (χ1) is 16.6. The van der Waals surface area contributed by atoms with E-state index in [-0.39, 0.29) is 14.5 Å². The van der Waals surface area contributed by atoms with Gasteiger partial charge in [0.2, 0.25) is 0 Å². The van der Waals surface area contributed by atoms with Gasteiger partial charge in [-0.3, -0.25) is 0 Å². The van der Waals surface area contributed by atoms with E-state index in [1.807, 2.05) is 0 Å². The number of hydrogen-bond donors (Lipinski definition) is 0. The van der Waals surface area contributed by atoms with E-state index >= 15 is 0 Å². The molecule has 3 aromatic rings. The normalized spacial score (nSPS) is 18.1. The molecule has 5 rings (SSSR count). The Bertz CT molecular complexity index is 1400. The van der Waals surface area contributed by atoms with Gasteiger partial charge >= 0.3 is 229 Å². The summed E-state index contributed by atoms with van der Waals surface area (Å²) in [5, 5.41) is 0. The number of allylic oxidation sites excluding steroid dienone is 1. The molecule has 0 aliphatic heterocycles. The second-order valence-electron chi connectivity index (χ2n) is 13.4. The van der Waals surface area contributed by atoms with Crippen LogP contribution >= 0.6 is 17.0 Å². The van der Waals surface area contributed by atoms with Gasteiger partial charge in [-0.15, -0.1) is 0 Å². The van der Waals surface area contributed by atoms with Crippen molar-refractivity contribution >= 4 is 32.3 Å². The molecule has 0 radical (unpaired) electrons. The molecule has 0 heterocycles. The molecule has 4 heteroatoms. The number of halogens is 2. The molecule has 0 saturated carbocycles. The van der Waals surface area contributed by atoms with Gasteiger partial charge in [-0.25, -0.2) is 0 Å². The molecule has 36 heavy (non-hydrogen) atoms.